The topological polar surface area (TPSA) is 88.3 Å². The van der Waals surface area contributed by atoms with Gasteiger partial charge in [-0.25, -0.2) is 0 Å². The van der Waals surface area contributed by atoms with Crippen molar-refractivity contribution >= 4 is 11.8 Å². The van der Waals surface area contributed by atoms with Gasteiger partial charge in [0.1, 0.15) is 0 Å². The first kappa shape index (κ1) is 15.2. The quantitative estimate of drug-likeness (QED) is 0.913. The van der Waals surface area contributed by atoms with Crippen LogP contribution in [0.25, 0.3) is 0 Å². The van der Waals surface area contributed by atoms with Crippen LogP contribution < -0.4 is 5.32 Å². The van der Waals surface area contributed by atoms with Crippen molar-refractivity contribution in [3.63, 3.8) is 0 Å². The van der Waals surface area contributed by atoms with Crippen LogP contribution in [-0.4, -0.2) is 46.5 Å². The molecule has 120 valence electrons. The van der Waals surface area contributed by atoms with E-state index >= 15 is 0 Å². The molecule has 2 amide bonds. The molecule has 1 aliphatic rings. The summed E-state index contributed by atoms with van der Waals surface area (Å²) in [7, 11) is 0. The summed E-state index contributed by atoms with van der Waals surface area (Å²) in [4.78, 5) is 30.1. The average Bonchev–Trinajstić information content (AvgIpc) is 3.22. The van der Waals surface area contributed by atoms with E-state index in [1.54, 1.807) is 36.1 Å². The van der Waals surface area contributed by atoms with Crippen molar-refractivity contribution in [1.29, 1.82) is 0 Å². The van der Waals surface area contributed by atoms with Crippen LogP contribution in [-0.2, 0) is 4.79 Å². The van der Waals surface area contributed by atoms with Crippen molar-refractivity contribution in [2.45, 2.75) is 19.3 Å². The predicted octanol–water partition coefficient (Wildman–Crippen LogP) is 1.12. The van der Waals surface area contributed by atoms with E-state index in [2.05, 4.69) is 15.5 Å². The van der Waals surface area contributed by atoms with Crippen molar-refractivity contribution < 1.29 is 14.1 Å². The van der Waals surface area contributed by atoms with E-state index in [-0.39, 0.29) is 24.3 Å². The molecule has 1 N–H and O–H groups in total. The van der Waals surface area contributed by atoms with Gasteiger partial charge in [-0.3, -0.25) is 9.59 Å². The number of aryl methyl sites for hydroxylation is 1. The van der Waals surface area contributed by atoms with Crippen molar-refractivity contribution in [3.05, 3.63) is 47.6 Å². The summed E-state index contributed by atoms with van der Waals surface area (Å²) < 4.78 is 5.16. The van der Waals surface area contributed by atoms with E-state index in [4.69, 9.17) is 4.52 Å². The van der Waals surface area contributed by atoms with E-state index in [0.29, 0.717) is 30.4 Å². The number of aromatic nitrogens is 2. The molecule has 0 bridgehead atoms. The van der Waals surface area contributed by atoms with Gasteiger partial charge in [0.15, 0.2) is 5.82 Å². The first-order chi connectivity index (χ1) is 11.1. The Labute approximate surface area is 133 Å². The molecule has 0 spiro atoms. The minimum absolute atomic E-state index is 0.0106. The Hall–Kier alpha value is -2.70. The second-order valence-corrected chi connectivity index (χ2v) is 5.55. The standard InChI is InChI=1S/C16H18N4O3/c1-11-18-16(23-19-11)13-7-8-20(10-13)14(21)9-17-15(22)12-5-3-2-4-6-12/h2-6,13H,7-10H2,1H3,(H,17,22). The van der Waals surface area contributed by atoms with E-state index in [1.807, 2.05) is 6.07 Å². The lowest BCUT2D eigenvalue weighted by atomic mass is 10.1. The Morgan fingerprint density at radius 1 is 1.35 bits per heavy atom. The highest BCUT2D eigenvalue weighted by molar-refractivity contribution is 5.96. The zero-order chi connectivity index (χ0) is 16.2. The number of hydrogen-bond acceptors (Lipinski definition) is 5. The summed E-state index contributed by atoms with van der Waals surface area (Å²) in [5.41, 5.74) is 0.543. The predicted molar refractivity (Wildman–Crippen MR) is 81.7 cm³/mol. The summed E-state index contributed by atoms with van der Waals surface area (Å²) in [6.07, 6.45) is 0.792. The van der Waals surface area contributed by atoms with Gasteiger partial charge in [0.2, 0.25) is 11.8 Å². The Balaban J connectivity index is 1.50. The number of benzene rings is 1. The lowest BCUT2D eigenvalue weighted by Crippen LogP contribution is -2.39. The fourth-order valence-electron chi connectivity index (χ4n) is 2.63. The van der Waals surface area contributed by atoms with Crippen LogP contribution in [0.4, 0.5) is 0 Å². The number of rotatable bonds is 4. The molecule has 1 aromatic heterocycles. The van der Waals surface area contributed by atoms with Gasteiger partial charge in [0.05, 0.1) is 12.5 Å². The van der Waals surface area contributed by atoms with Crippen molar-refractivity contribution in [2.75, 3.05) is 19.6 Å². The van der Waals surface area contributed by atoms with Crippen molar-refractivity contribution in [3.8, 4) is 0 Å². The van der Waals surface area contributed by atoms with E-state index in [0.717, 1.165) is 6.42 Å². The van der Waals surface area contributed by atoms with Gasteiger partial charge in [-0.2, -0.15) is 4.98 Å². The van der Waals surface area contributed by atoms with Gasteiger partial charge in [-0.15, -0.1) is 0 Å². The number of likely N-dealkylation sites (tertiary alicyclic amines) is 1. The van der Waals surface area contributed by atoms with Gasteiger partial charge in [0, 0.05) is 18.7 Å². The summed E-state index contributed by atoms with van der Waals surface area (Å²) in [5.74, 6) is 0.895. The third-order valence-corrected chi connectivity index (χ3v) is 3.87. The molecular weight excluding hydrogens is 296 g/mol. The zero-order valence-electron chi connectivity index (χ0n) is 12.9. The van der Waals surface area contributed by atoms with Gasteiger partial charge in [0.25, 0.3) is 5.91 Å². The van der Waals surface area contributed by atoms with Crippen molar-refractivity contribution in [1.82, 2.24) is 20.4 Å². The Kier molecular flexibility index (Phi) is 4.36. The van der Waals surface area contributed by atoms with Crippen LogP contribution in [0.15, 0.2) is 34.9 Å². The average molecular weight is 314 g/mol. The van der Waals surface area contributed by atoms with Crippen LogP contribution in [0.1, 0.15) is 34.4 Å². The summed E-state index contributed by atoms with van der Waals surface area (Å²) in [6.45, 7) is 2.93. The molecule has 2 aromatic rings. The molecule has 1 fully saturated rings. The maximum atomic E-state index is 12.2. The molecule has 3 rings (SSSR count). The van der Waals surface area contributed by atoms with Crippen LogP contribution in [0.5, 0.6) is 0 Å². The highest BCUT2D eigenvalue weighted by atomic mass is 16.5. The summed E-state index contributed by atoms with van der Waals surface area (Å²) >= 11 is 0. The molecule has 1 saturated heterocycles. The highest BCUT2D eigenvalue weighted by Crippen LogP contribution is 2.25. The minimum Gasteiger partial charge on any atom is -0.343 e. The van der Waals surface area contributed by atoms with E-state index in [1.165, 1.54) is 0 Å². The molecule has 0 radical (unpaired) electrons. The number of carbonyl (C=O) groups is 2. The van der Waals surface area contributed by atoms with E-state index < -0.39 is 0 Å². The Morgan fingerprint density at radius 2 is 2.13 bits per heavy atom. The molecule has 1 aliphatic heterocycles. The summed E-state index contributed by atoms with van der Waals surface area (Å²) in [6, 6.07) is 8.83. The molecule has 1 aromatic carbocycles. The third-order valence-electron chi connectivity index (χ3n) is 3.87. The number of hydrogen-bond donors (Lipinski definition) is 1. The normalized spacial score (nSPS) is 17.3. The minimum atomic E-state index is -0.248. The number of nitrogens with zero attached hydrogens (tertiary/aromatic N) is 3. The largest absolute Gasteiger partial charge is 0.343 e. The van der Waals surface area contributed by atoms with Crippen LogP contribution in [0.3, 0.4) is 0 Å². The molecular formula is C16H18N4O3. The number of amides is 2. The second-order valence-electron chi connectivity index (χ2n) is 5.55. The fraction of sp³-hybridized carbons (Fsp3) is 0.375. The first-order valence-corrected chi connectivity index (χ1v) is 7.54. The Bertz CT molecular complexity index is 698. The SMILES string of the molecule is Cc1noc(C2CCN(C(=O)CNC(=O)c3ccccc3)C2)n1. The monoisotopic (exact) mass is 314 g/mol. The van der Waals surface area contributed by atoms with Crippen molar-refractivity contribution in [2.24, 2.45) is 0 Å². The van der Waals surface area contributed by atoms with Gasteiger partial charge in [-0.1, -0.05) is 23.4 Å². The lowest BCUT2D eigenvalue weighted by molar-refractivity contribution is -0.129. The first-order valence-electron chi connectivity index (χ1n) is 7.54. The maximum Gasteiger partial charge on any atom is 0.251 e. The molecule has 7 heteroatoms. The highest BCUT2D eigenvalue weighted by Gasteiger charge is 2.30. The van der Waals surface area contributed by atoms with Crippen LogP contribution in [0, 0.1) is 6.92 Å². The van der Waals surface area contributed by atoms with E-state index in [9.17, 15) is 9.59 Å². The van der Waals surface area contributed by atoms with Gasteiger partial charge < -0.3 is 14.7 Å². The third kappa shape index (κ3) is 3.56. The van der Waals surface area contributed by atoms with Gasteiger partial charge >= 0.3 is 0 Å². The molecule has 0 aliphatic carbocycles. The van der Waals surface area contributed by atoms with Gasteiger partial charge in [-0.05, 0) is 25.5 Å². The number of nitrogens with one attached hydrogen (secondary N) is 1. The Morgan fingerprint density at radius 3 is 2.83 bits per heavy atom. The molecule has 1 unspecified atom stereocenters. The van der Waals surface area contributed by atoms with Crippen LogP contribution in [0.2, 0.25) is 0 Å². The molecule has 0 saturated carbocycles. The smallest absolute Gasteiger partial charge is 0.251 e. The number of carbonyl (C=O) groups excluding carboxylic acids is 2. The molecule has 23 heavy (non-hydrogen) atoms. The summed E-state index contributed by atoms with van der Waals surface area (Å²) in [5, 5.41) is 6.43. The fourth-order valence-corrected chi connectivity index (χ4v) is 2.63. The molecule has 1 atom stereocenters. The van der Waals surface area contributed by atoms with Crippen LogP contribution >= 0.6 is 0 Å². The lowest BCUT2D eigenvalue weighted by Gasteiger charge is -2.16. The second kappa shape index (κ2) is 6.60. The maximum absolute atomic E-state index is 12.2. The molecule has 2 heterocycles. The molecule has 7 nitrogen and oxygen atoms in total. The zero-order valence-corrected chi connectivity index (χ0v) is 12.9.